The Labute approximate surface area is 150 Å². The monoisotopic (exact) mass is 371 g/mol. The molecule has 0 saturated heterocycles. The van der Waals surface area contributed by atoms with E-state index in [0.29, 0.717) is 23.1 Å². The van der Waals surface area contributed by atoms with Crippen molar-refractivity contribution in [1.29, 1.82) is 5.26 Å². The third-order valence-corrected chi connectivity index (χ3v) is 5.44. The van der Waals surface area contributed by atoms with Crippen LogP contribution in [0, 0.1) is 29.9 Å². The molecule has 0 unspecified atom stereocenters. The Morgan fingerprint density at radius 2 is 1.73 bits per heavy atom. The zero-order chi connectivity index (χ0) is 19.1. The summed E-state index contributed by atoms with van der Waals surface area (Å²) < 4.78 is 51.6. The van der Waals surface area contributed by atoms with Gasteiger partial charge in [0.1, 0.15) is 16.5 Å². The Hall–Kier alpha value is -2.78. The van der Waals surface area contributed by atoms with E-state index in [0.717, 1.165) is 35.1 Å². The molecule has 3 rings (SSSR count). The molecule has 3 nitrogen and oxygen atoms in total. The highest BCUT2D eigenvalue weighted by atomic mass is 32.2. The topological polar surface area (TPSA) is 57.9 Å². The number of halogens is 2. The second-order valence-electron chi connectivity index (χ2n) is 6.18. The highest BCUT2D eigenvalue weighted by molar-refractivity contribution is 7.90. The van der Waals surface area contributed by atoms with Crippen molar-refractivity contribution in [3.63, 3.8) is 0 Å². The Morgan fingerprint density at radius 1 is 1.08 bits per heavy atom. The molecule has 0 heterocycles. The van der Waals surface area contributed by atoms with Crippen molar-refractivity contribution in [1.82, 2.24) is 0 Å². The number of hydrogen-bond donors (Lipinski definition) is 0. The molecule has 0 radical (unpaired) electrons. The van der Waals surface area contributed by atoms with Crippen LogP contribution < -0.4 is 0 Å². The fourth-order valence-electron chi connectivity index (χ4n) is 3.09. The Bertz CT molecular complexity index is 1100. The van der Waals surface area contributed by atoms with E-state index in [-0.39, 0.29) is 0 Å². The summed E-state index contributed by atoms with van der Waals surface area (Å²) in [6.45, 7) is 1.82. The first kappa shape index (κ1) is 18.0. The Kier molecular flexibility index (Phi) is 4.51. The Balaban J connectivity index is 2.16. The predicted molar refractivity (Wildman–Crippen MR) is 95.9 cm³/mol. The average molecular weight is 371 g/mol. The number of nitriles is 1. The SMILES string of the molecule is Cc1cc(C2=C(c3cc(F)c(S(C)(=O)=O)c(F)c3)CC=C2)ccc1C#N. The number of benzene rings is 2. The van der Waals surface area contributed by atoms with Gasteiger partial charge in [0.15, 0.2) is 9.84 Å². The van der Waals surface area contributed by atoms with Crippen LogP contribution in [-0.2, 0) is 9.84 Å². The van der Waals surface area contributed by atoms with Gasteiger partial charge in [-0.1, -0.05) is 24.3 Å². The van der Waals surface area contributed by atoms with Gasteiger partial charge in [-0.2, -0.15) is 5.26 Å². The highest BCUT2D eigenvalue weighted by Gasteiger charge is 2.23. The number of aryl methyl sites for hydroxylation is 1. The van der Waals surface area contributed by atoms with Crippen molar-refractivity contribution >= 4 is 21.0 Å². The van der Waals surface area contributed by atoms with Crippen LogP contribution in [0.15, 0.2) is 47.4 Å². The van der Waals surface area contributed by atoms with Gasteiger partial charge in [-0.15, -0.1) is 0 Å². The number of allylic oxidation sites excluding steroid dienone is 4. The third-order valence-electron chi connectivity index (χ3n) is 4.31. The van der Waals surface area contributed by atoms with Gasteiger partial charge in [-0.05, 0) is 59.4 Å². The molecule has 132 valence electrons. The molecule has 1 aliphatic rings. The van der Waals surface area contributed by atoms with E-state index in [2.05, 4.69) is 6.07 Å². The first-order valence-corrected chi connectivity index (χ1v) is 9.72. The zero-order valence-corrected chi connectivity index (χ0v) is 15.0. The van der Waals surface area contributed by atoms with E-state index in [1.54, 1.807) is 12.1 Å². The largest absolute Gasteiger partial charge is 0.224 e. The number of rotatable bonds is 3. The first-order chi connectivity index (χ1) is 12.2. The lowest BCUT2D eigenvalue weighted by atomic mass is 9.94. The van der Waals surface area contributed by atoms with Crippen molar-refractivity contribution in [3.8, 4) is 6.07 Å². The van der Waals surface area contributed by atoms with Crippen LogP contribution in [0.2, 0.25) is 0 Å². The van der Waals surface area contributed by atoms with Crippen molar-refractivity contribution in [2.24, 2.45) is 0 Å². The molecule has 0 atom stereocenters. The summed E-state index contributed by atoms with van der Waals surface area (Å²) in [6.07, 6.45) is 4.98. The van der Waals surface area contributed by atoms with E-state index >= 15 is 0 Å². The molecule has 2 aromatic rings. The highest BCUT2D eigenvalue weighted by Crippen LogP contribution is 2.37. The van der Waals surface area contributed by atoms with Crippen LogP contribution in [0.5, 0.6) is 0 Å². The molecule has 0 fully saturated rings. The summed E-state index contributed by atoms with van der Waals surface area (Å²) >= 11 is 0. The summed E-state index contributed by atoms with van der Waals surface area (Å²) in [6, 6.07) is 9.55. The van der Waals surface area contributed by atoms with Crippen LogP contribution in [0.4, 0.5) is 8.78 Å². The number of sulfone groups is 1. The summed E-state index contributed by atoms with van der Waals surface area (Å²) in [7, 11) is -4.00. The predicted octanol–water partition coefficient (Wildman–Crippen LogP) is 4.42. The minimum Gasteiger partial charge on any atom is -0.224 e. The van der Waals surface area contributed by atoms with Crippen LogP contribution >= 0.6 is 0 Å². The molecule has 1 aliphatic carbocycles. The lowest BCUT2D eigenvalue weighted by Gasteiger charge is -2.12. The van der Waals surface area contributed by atoms with Gasteiger partial charge < -0.3 is 0 Å². The standard InChI is InChI=1S/C20H15F2NO2S/c1-12-8-13(6-7-14(12)11-23)16-4-3-5-17(16)15-9-18(21)20(19(22)10-15)26(2,24)25/h3-4,6-10H,5H2,1-2H3. The maximum atomic E-state index is 14.3. The van der Waals surface area contributed by atoms with Gasteiger partial charge in [0, 0.05) is 6.26 Å². The second kappa shape index (κ2) is 6.50. The molecular formula is C20H15F2NO2S. The van der Waals surface area contributed by atoms with Gasteiger partial charge in [-0.25, -0.2) is 17.2 Å². The van der Waals surface area contributed by atoms with E-state index in [1.165, 1.54) is 0 Å². The van der Waals surface area contributed by atoms with Crippen molar-refractivity contribution in [3.05, 3.63) is 76.4 Å². The lowest BCUT2D eigenvalue weighted by Crippen LogP contribution is -2.05. The fourth-order valence-corrected chi connectivity index (χ4v) is 3.92. The van der Waals surface area contributed by atoms with Crippen LogP contribution in [-0.4, -0.2) is 14.7 Å². The van der Waals surface area contributed by atoms with Gasteiger partial charge in [0.2, 0.25) is 0 Å². The molecule has 0 bridgehead atoms. The summed E-state index contributed by atoms with van der Waals surface area (Å²) in [5.41, 5.74) is 4.00. The molecule has 0 aliphatic heterocycles. The van der Waals surface area contributed by atoms with Gasteiger partial charge in [0.05, 0.1) is 11.6 Å². The van der Waals surface area contributed by atoms with E-state index < -0.39 is 26.4 Å². The normalized spacial score (nSPS) is 14.0. The first-order valence-electron chi connectivity index (χ1n) is 7.82. The maximum Gasteiger partial charge on any atom is 0.181 e. The van der Waals surface area contributed by atoms with Crippen molar-refractivity contribution in [2.75, 3.05) is 6.26 Å². The van der Waals surface area contributed by atoms with Crippen LogP contribution in [0.1, 0.15) is 28.7 Å². The van der Waals surface area contributed by atoms with Crippen molar-refractivity contribution in [2.45, 2.75) is 18.2 Å². The number of hydrogen-bond acceptors (Lipinski definition) is 3. The molecule has 0 spiro atoms. The molecule has 0 N–H and O–H groups in total. The Morgan fingerprint density at radius 3 is 2.27 bits per heavy atom. The maximum absolute atomic E-state index is 14.3. The molecule has 26 heavy (non-hydrogen) atoms. The lowest BCUT2D eigenvalue weighted by molar-refractivity contribution is 0.520. The van der Waals surface area contributed by atoms with Crippen LogP contribution in [0.3, 0.4) is 0 Å². The molecule has 0 amide bonds. The second-order valence-corrected chi connectivity index (χ2v) is 8.13. The summed E-state index contributed by atoms with van der Waals surface area (Å²) in [4.78, 5) is -0.913. The van der Waals surface area contributed by atoms with E-state index in [9.17, 15) is 17.2 Å². The molecule has 0 saturated carbocycles. The smallest absolute Gasteiger partial charge is 0.181 e. The average Bonchev–Trinajstić information content (AvgIpc) is 3.02. The fraction of sp³-hybridized carbons (Fsp3) is 0.150. The quantitative estimate of drug-likeness (QED) is 0.802. The third kappa shape index (κ3) is 3.18. The molecule has 0 aromatic heterocycles. The van der Waals surface area contributed by atoms with E-state index in [4.69, 9.17) is 5.26 Å². The van der Waals surface area contributed by atoms with Gasteiger partial charge >= 0.3 is 0 Å². The van der Waals surface area contributed by atoms with Gasteiger partial charge in [-0.3, -0.25) is 0 Å². The zero-order valence-electron chi connectivity index (χ0n) is 14.2. The van der Waals surface area contributed by atoms with E-state index in [1.807, 2.05) is 25.1 Å². The van der Waals surface area contributed by atoms with Crippen molar-refractivity contribution < 1.29 is 17.2 Å². The van der Waals surface area contributed by atoms with Crippen LogP contribution in [0.25, 0.3) is 11.1 Å². The van der Waals surface area contributed by atoms with Gasteiger partial charge in [0.25, 0.3) is 0 Å². The summed E-state index contributed by atoms with van der Waals surface area (Å²) in [5.74, 6) is -2.20. The molecule has 6 heteroatoms. The molecular weight excluding hydrogens is 356 g/mol. The molecule has 2 aromatic carbocycles. The minimum atomic E-state index is -4.00. The summed E-state index contributed by atoms with van der Waals surface area (Å²) in [5, 5.41) is 9.05. The minimum absolute atomic E-state index is 0.300. The number of nitrogens with zero attached hydrogens (tertiary/aromatic N) is 1.